The SMILES string of the molecule is CC(C)Cc1ncc(CN2C[C@@H](CN)[C@H](c3ccccc3)C2)s1. The molecule has 2 N–H and O–H groups in total. The highest BCUT2D eigenvalue weighted by molar-refractivity contribution is 7.11. The molecule has 0 saturated carbocycles. The van der Waals surface area contributed by atoms with Crippen LogP contribution in [0.4, 0.5) is 0 Å². The summed E-state index contributed by atoms with van der Waals surface area (Å²) in [7, 11) is 0. The summed E-state index contributed by atoms with van der Waals surface area (Å²) in [6.07, 6.45) is 3.15. The minimum Gasteiger partial charge on any atom is -0.330 e. The van der Waals surface area contributed by atoms with Crippen LogP contribution in [0.2, 0.25) is 0 Å². The first kappa shape index (κ1) is 16.6. The van der Waals surface area contributed by atoms with Crippen LogP contribution in [0.25, 0.3) is 0 Å². The van der Waals surface area contributed by atoms with E-state index < -0.39 is 0 Å². The molecule has 1 aliphatic heterocycles. The van der Waals surface area contributed by atoms with Crippen LogP contribution in [0.1, 0.15) is 35.2 Å². The molecule has 3 nitrogen and oxygen atoms in total. The Balaban J connectivity index is 1.64. The quantitative estimate of drug-likeness (QED) is 0.882. The summed E-state index contributed by atoms with van der Waals surface area (Å²) < 4.78 is 0. The summed E-state index contributed by atoms with van der Waals surface area (Å²) in [4.78, 5) is 8.51. The van der Waals surface area contributed by atoms with E-state index in [1.54, 1.807) is 0 Å². The molecule has 0 amide bonds. The van der Waals surface area contributed by atoms with Crippen LogP contribution >= 0.6 is 11.3 Å². The summed E-state index contributed by atoms with van der Waals surface area (Å²) in [6.45, 7) is 8.46. The van der Waals surface area contributed by atoms with Crippen molar-refractivity contribution in [1.82, 2.24) is 9.88 Å². The lowest BCUT2D eigenvalue weighted by Crippen LogP contribution is -2.22. The number of thiazole rings is 1. The van der Waals surface area contributed by atoms with E-state index in [2.05, 4.69) is 60.3 Å². The number of rotatable bonds is 6. The highest BCUT2D eigenvalue weighted by Gasteiger charge is 2.32. The third kappa shape index (κ3) is 4.19. The van der Waals surface area contributed by atoms with E-state index in [0.29, 0.717) is 17.8 Å². The minimum atomic E-state index is 0.556. The average Bonchev–Trinajstić information content (AvgIpc) is 3.14. The van der Waals surface area contributed by atoms with E-state index >= 15 is 0 Å². The van der Waals surface area contributed by atoms with E-state index in [4.69, 9.17) is 5.73 Å². The lowest BCUT2D eigenvalue weighted by atomic mass is 9.89. The maximum absolute atomic E-state index is 6.04. The smallest absolute Gasteiger partial charge is 0.0930 e. The zero-order chi connectivity index (χ0) is 16.2. The molecule has 0 unspecified atom stereocenters. The molecule has 0 bridgehead atoms. The molecular formula is C19H27N3S. The van der Waals surface area contributed by atoms with E-state index in [-0.39, 0.29) is 0 Å². The standard InChI is InChI=1S/C19H27N3S/c1-14(2)8-19-21-10-17(23-19)12-22-11-16(9-20)18(13-22)15-6-4-3-5-7-15/h3-7,10,14,16,18H,8-9,11-13,20H2,1-2H3/t16-,18+/m1/s1. The van der Waals surface area contributed by atoms with Crippen molar-refractivity contribution < 1.29 is 0 Å². The first-order valence-electron chi connectivity index (χ1n) is 8.56. The number of hydrogen-bond acceptors (Lipinski definition) is 4. The predicted octanol–water partition coefficient (Wildman–Crippen LogP) is 3.52. The second-order valence-electron chi connectivity index (χ2n) is 7.03. The monoisotopic (exact) mass is 329 g/mol. The van der Waals surface area contributed by atoms with Crippen molar-refractivity contribution in [3.05, 3.63) is 52.0 Å². The average molecular weight is 330 g/mol. The topological polar surface area (TPSA) is 42.2 Å². The van der Waals surface area contributed by atoms with Crippen molar-refractivity contribution in [1.29, 1.82) is 0 Å². The van der Waals surface area contributed by atoms with E-state index in [0.717, 1.165) is 32.6 Å². The largest absolute Gasteiger partial charge is 0.330 e. The van der Waals surface area contributed by atoms with Gasteiger partial charge in [0.05, 0.1) is 5.01 Å². The van der Waals surface area contributed by atoms with Gasteiger partial charge >= 0.3 is 0 Å². The molecule has 1 aromatic heterocycles. The Morgan fingerprint density at radius 1 is 1.26 bits per heavy atom. The zero-order valence-corrected chi connectivity index (χ0v) is 14.9. The number of nitrogens with two attached hydrogens (primary N) is 1. The number of hydrogen-bond donors (Lipinski definition) is 1. The highest BCUT2D eigenvalue weighted by atomic mass is 32.1. The minimum absolute atomic E-state index is 0.556. The summed E-state index contributed by atoms with van der Waals surface area (Å²) in [5.74, 6) is 1.79. The van der Waals surface area contributed by atoms with Gasteiger partial charge < -0.3 is 5.73 Å². The van der Waals surface area contributed by atoms with E-state index in [9.17, 15) is 0 Å². The molecule has 23 heavy (non-hydrogen) atoms. The van der Waals surface area contributed by atoms with Crippen molar-refractivity contribution in [3.63, 3.8) is 0 Å². The normalized spacial score (nSPS) is 22.1. The van der Waals surface area contributed by atoms with Crippen LogP contribution < -0.4 is 5.73 Å². The first-order valence-corrected chi connectivity index (χ1v) is 9.38. The Kier molecular flexibility index (Phi) is 5.46. The van der Waals surface area contributed by atoms with Crippen molar-refractivity contribution in [2.75, 3.05) is 19.6 Å². The van der Waals surface area contributed by atoms with Gasteiger partial charge in [-0.15, -0.1) is 11.3 Å². The second-order valence-corrected chi connectivity index (χ2v) is 8.23. The molecule has 1 aliphatic rings. The molecule has 3 rings (SSSR count). The predicted molar refractivity (Wildman–Crippen MR) is 97.7 cm³/mol. The zero-order valence-electron chi connectivity index (χ0n) is 14.1. The molecular weight excluding hydrogens is 302 g/mol. The Labute approximate surface area is 143 Å². The summed E-state index contributed by atoms with van der Waals surface area (Å²) in [6, 6.07) is 10.8. The van der Waals surface area contributed by atoms with E-state index in [1.807, 2.05) is 11.3 Å². The fourth-order valence-corrected chi connectivity index (χ4v) is 4.67. The van der Waals surface area contributed by atoms with Gasteiger partial charge in [-0.1, -0.05) is 44.2 Å². The Hall–Kier alpha value is -1.23. The lowest BCUT2D eigenvalue weighted by Gasteiger charge is -2.16. The maximum atomic E-state index is 6.04. The van der Waals surface area contributed by atoms with Gasteiger partial charge in [-0.25, -0.2) is 4.98 Å². The Morgan fingerprint density at radius 3 is 2.74 bits per heavy atom. The molecule has 1 fully saturated rings. The molecule has 4 heteroatoms. The van der Waals surface area contributed by atoms with E-state index in [1.165, 1.54) is 15.4 Å². The van der Waals surface area contributed by atoms with Gasteiger partial charge in [-0.05, 0) is 23.9 Å². The molecule has 2 atom stereocenters. The molecule has 0 aliphatic carbocycles. The fourth-order valence-electron chi connectivity index (χ4n) is 3.49. The second kappa shape index (κ2) is 7.56. The van der Waals surface area contributed by atoms with Crippen molar-refractivity contribution in [2.24, 2.45) is 17.6 Å². The van der Waals surface area contributed by atoms with Gasteiger partial charge in [0, 0.05) is 43.0 Å². The van der Waals surface area contributed by atoms with Crippen LogP contribution in [-0.4, -0.2) is 29.5 Å². The van der Waals surface area contributed by atoms with Crippen LogP contribution in [0, 0.1) is 11.8 Å². The van der Waals surface area contributed by atoms with Gasteiger partial charge in [0.1, 0.15) is 0 Å². The maximum Gasteiger partial charge on any atom is 0.0930 e. The number of likely N-dealkylation sites (tertiary alicyclic amines) is 1. The molecule has 0 spiro atoms. The molecule has 1 aromatic carbocycles. The van der Waals surface area contributed by atoms with Crippen LogP contribution in [-0.2, 0) is 13.0 Å². The van der Waals surface area contributed by atoms with Gasteiger partial charge in [0.2, 0.25) is 0 Å². The third-order valence-corrected chi connectivity index (χ3v) is 5.62. The number of nitrogens with zero attached hydrogens (tertiary/aromatic N) is 2. The highest BCUT2D eigenvalue weighted by Crippen LogP contribution is 2.33. The number of aromatic nitrogens is 1. The van der Waals surface area contributed by atoms with Gasteiger partial charge in [-0.2, -0.15) is 0 Å². The van der Waals surface area contributed by atoms with Crippen LogP contribution in [0.5, 0.6) is 0 Å². The summed E-state index contributed by atoms with van der Waals surface area (Å²) in [5.41, 5.74) is 7.47. The van der Waals surface area contributed by atoms with Gasteiger partial charge in [0.25, 0.3) is 0 Å². The summed E-state index contributed by atoms with van der Waals surface area (Å²) in [5, 5.41) is 1.27. The molecule has 124 valence electrons. The molecule has 0 radical (unpaired) electrons. The summed E-state index contributed by atoms with van der Waals surface area (Å²) >= 11 is 1.87. The lowest BCUT2D eigenvalue weighted by molar-refractivity contribution is 0.319. The molecule has 1 saturated heterocycles. The van der Waals surface area contributed by atoms with Crippen LogP contribution in [0.15, 0.2) is 36.5 Å². The number of benzene rings is 1. The fraction of sp³-hybridized carbons (Fsp3) is 0.526. The van der Waals surface area contributed by atoms with Crippen molar-refractivity contribution in [3.8, 4) is 0 Å². The third-order valence-electron chi connectivity index (χ3n) is 4.61. The van der Waals surface area contributed by atoms with Crippen molar-refractivity contribution in [2.45, 2.75) is 32.7 Å². The van der Waals surface area contributed by atoms with Gasteiger partial charge in [0.15, 0.2) is 0 Å². The first-order chi connectivity index (χ1) is 11.2. The Morgan fingerprint density at radius 2 is 2.04 bits per heavy atom. The van der Waals surface area contributed by atoms with Gasteiger partial charge in [-0.3, -0.25) is 4.90 Å². The molecule has 2 aromatic rings. The van der Waals surface area contributed by atoms with Crippen molar-refractivity contribution >= 4 is 11.3 Å². The van der Waals surface area contributed by atoms with Crippen LogP contribution in [0.3, 0.4) is 0 Å². The molecule has 2 heterocycles. The Bertz CT molecular complexity index is 608.